The fraction of sp³-hybridized carbons (Fsp3) is 0.0476. The van der Waals surface area contributed by atoms with E-state index < -0.39 is 11.6 Å². The summed E-state index contributed by atoms with van der Waals surface area (Å²) in [5.74, 6) is -1.71. The minimum atomic E-state index is -0.737. The molecule has 3 heteroatoms. The lowest BCUT2D eigenvalue weighted by molar-refractivity contribution is 0.582. The summed E-state index contributed by atoms with van der Waals surface area (Å²) in [5.41, 5.74) is 8.21. The van der Waals surface area contributed by atoms with Crippen molar-refractivity contribution in [3.05, 3.63) is 107 Å². The van der Waals surface area contributed by atoms with Gasteiger partial charge in [-0.15, -0.1) is 0 Å². The first-order chi connectivity index (χ1) is 11.6. The molecule has 0 saturated heterocycles. The van der Waals surface area contributed by atoms with Crippen LogP contribution in [0, 0.1) is 11.6 Å². The number of allylic oxidation sites excluding steroid dienone is 1. The molecule has 0 fully saturated rings. The Labute approximate surface area is 140 Å². The molecule has 120 valence electrons. The van der Waals surface area contributed by atoms with E-state index in [-0.39, 0.29) is 11.6 Å². The van der Waals surface area contributed by atoms with E-state index in [0.717, 1.165) is 17.2 Å². The Morgan fingerprint density at radius 1 is 0.833 bits per heavy atom. The third kappa shape index (κ3) is 3.51. The predicted octanol–water partition coefficient (Wildman–Crippen LogP) is 5.39. The van der Waals surface area contributed by atoms with Crippen LogP contribution in [0.4, 0.5) is 14.5 Å². The summed E-state index contributed by atoms with van der Waals surface area (Å²) < 4.78 is 27.6. The summed E-state index contributed by atoms with van der Waals surface area (Å²) in [6, 6.07) is 21.4. The largest absolute Gasteiger partial charge is 0.396 e. The van der Waals surface area contributed by atoms with Crippen molar-refractivity contribution in [3.8, 4) is 0 Å². The van der Waals surface area contributed by atoms with Crippen LogP contribution in [-0.2, 0) is 0 Å². The minimum Gasteiger partial charge on any atom is -0.396 e. The molecule has 0 amide bonds. The van der Waals surface area contributed by atoms with Gasteiger partial charge in [0, 0.05) is 12.0 Å². The average molecular weight is 321 g/mol. The van der Waals surface area contributed by atoms with Gasteiger partial charge in [0.05, 0.1) is 5.69 Å². The van der Waals surface area contributed by atoms with Crippen molar-refractivity contribution in [2.24, 2.45) is 0 Å². The Bertz CT molecular complexity index is 842. The molecule has 0 saturated carbocycles. The molecule has 0 heterocycles. The summed E-state index contributed by atoms with van der Waals surface area (Å²) in [5, 5.41) is 0. The number of anilines is 1. The van der Waals surface area contributed by atoms with Gasteiger partial charge < -0.3 is 5.73 Å². The molecule has 3 rings (SSSR count). The number of nitrogens with two attached hydrogens (primary N) is 1. The monoisotopic (exact) mass is 321 g/mol. The van der Waals surface area contributed by atoms with Gasteiger partial charge in [-0.25, -0.2) is 8.78 Å². The highest BCUT2D eigenvalue weighted by Crippen LogP contribution is 2.33. The summed E-state index contributed by atoms with van der Waals surface area (Å²) in [4.78, 5) is 0. The van der Waals surface area contributed by atoms with E-state index in [9.17, 15) is 8.78 Å². The molecular formula is C21H17F2N. The highest BCUT2D eigenvalue weighted by Gasteiger charge is 2.17. The maximum Gasteiger partial charge on any atom is 0.149 e. The van der Waals surface area contributed by atoms with Crippen LogP contribution in [0.15, 0.2) is 78.9 Å². The number of nitrogen functional groups attached to an aromatic ring is 1. The molecule has 0 radical (unpaired) electrons. The molecular weight excluding hydrogens is 304 g/mol. The molecule has 3 aromatic rings. The van der Waals surface area contributed by atoms with Crippen molar-refractivity contribution in [1.82, 2.24) is 0 Å². The lowest BCUT2D eigenvalue weighted by atomic mass is 9.89. The molecule has 0 spiro atoms. The topological polar surface area (TPSA) is 26.0 Å². The van der Waals surface area contributed by atoms with Crippen LogP contribution in [-0.4, -0.2) is 0 Å². The van der Waals surface area contributed by atoms with Gasteiger partial charge in [-0.05, 0) is 22.8 Å². The van der Waals surface area contributed by atoms with E-state index in [1.54, 1.807) is 0 Å². The minimum absolute atomic E-state index is 0.0250. The third-order valence-corrected chi connectivity index (χ3v) is 3.90. The first kappa shape index (κ1) is 15.9. The van der Waals surface area contributed by atoms with Crippen LogP contribution < -0.4 is 5.73 Å². The van der Waals surface area contributed by atoms with Crippen molar-refractivity contribution in [2.45, 2.75) is 5.92 Å². The summed E-state index contributed by atoms with van der Waals surface area (Å²) in [6.07, 6.45) is 3.84. The second kappa shape index (κ2) is 7.09. The lowest BCUT2D eigenvalue weighted by Gasteiger charge is -2.17. The van der Waals surface area contributed by atoms with Crippen molar-refractivity contribution in [3.63, 3.8) is 0 Å². The van der Waals surface area contributed by atoms with Crippen LogP contribution >= 0.6 is 0 Å². The SMILES string of the molecule is Nc1c(F)cc(F)cc1C(/C=C/c1ccccc1)c1ccccc1. The highest BCUT2D eigenvalue weighted by atomic mass is 19.1. The van der Waals surface area contributed by atoms with Gasteiger partial charge in [0.2, 0.25) is 0 Å². The Kier molecular flexibility index (Phi) is 4.71. The van der Waals surface area contributed by atoms with Gasteiger partial charge in [0.25, 0.3) is 0 Å². The molecule has 24 heavy (non-hydrogen) atoms. The molecule has 0 aliphatic carbocycles. The second-order valence-corrected chi connectivity index (χ2v) is 5.55. The summed E-state index contributed by atoms with van der Waals surface area (Å²) in [6.45, 7) is 0. The van der Waals surface area contributed by atoms with E-state index in [1.807, 2.05) is 72.8 Å². The van der Waals surface area contributed by atoms with E-state index >= 15 is 0 Å². The summed E-state index contributed by atoms with van der Waals surface area (Å²) >= 11 is 0. The van der Waals surface area contributed by atoms with E-state index in [0.29, 0.717) is 5.56 Å². The quantitative estimate of drug-likeness (QED) is 0.640. The Morgan fingerprint density at radius 3 is 2.12 bits per heavy atom. The molecule has 1 unspecified atom stereocenters. The molecule has 0 aromatic heterocycles. The number of hydrogen-bond acceptors (Lipinski definition) is 1. The predicted molar refractivity (Wildman–Crippen MR) is 94.5 cm³/mol. The van der Waals surface area contributed by atoms with Gasteiger partial charge in [-0.3, -0.25) is 0 Å². The van der Waals surface area contributed by atoms with Crippen LogP contribution in [0.25, 0.3) is 6.08 Å². The molecule has 2 N–H and O–H groups in total. The van der Waals surface area contributed by atoms with Crippen molar-refractivity contribution in [2.75, 3.05) is 5.73 Å². The first-order valence-corrected chi connectivity index (χ1v) is 7.68. The normalized spacial score (nSPS) is 12.4. The van der Waals surface area contributed by atoms with Crippen LogP contribution in [0.3, 0.4) is 0 Å². The fourth-order valence-corrected chi connectivity index (χ4v) is 2.69. The van der Waals surface area contributed by atoms with Crippen LogP contribution in [0.2, 0.25) is 0 Å². The summed E-state index contributed by atoms with van der Waals surface area (Å²) in [7, 11) is 0. The van der Waals surface area contributed by atoms with Gasteiger partial charge in [-0.1, -0.05) is 72.8 Å². The zero-order valence-corrected chi connectivity index (χ0v) is 13.0. The molecule has 1 atom stereocenters. The van der Waals surface area contributed by atoms with Crippen LogP contribution in [0.1, 0.15) is 22.6 Å². The van der Waals surface area contributed by atoms with Crippen molar-refractivity contribution < 1.29 is 8.78 Å². The van der Waals surface area contributed by atoms with Crippen molar-refractivity contribution in [1.29, 1.82) is 0 Å². The number of rotatable bonds is 4. The van der Waals surface area contributed by atoms with Gasteiger partial charge in [0.1, 0.15) is 11.6 Å². The lowest BCUT2D eigenvalue weighted by Crippen LogP contribution is -2.05. The molecule has 0 aliphatic heterocycles. The number of benzene rings is 3. The highest BCUT2D eigenvalue weighted by molar-refractivity contribution is 5.59. The Morgan fingerprint density at radius 2 is 1.46 bits per heavy atom. The number of halogens is 2. The van der Waals surface area contributed by atoms with E-state index in [1.165, 1.54) is 6.07 Å². The van der Waals surface area contributed by atoms with E-state index in [4.69, 9.17) is 5.73 Å². The molecule has 0 bridgehead atoms. The average Bonchev–Trinajstić information content (AvgIpc) is 2.61. The zero-order valence-electron chi connectivity index (χ0n) is 13.0. The van der Waals surface area contributed by atoms with E-state index in [2.05, 4.69) is 0 Å². The van der Waals surface area contributed by atoms with Gasteiger partial charge in [0.15, 0.2) is 0 Å². The smallest absolute Gasteiger partial charge is 0.149 e. The number of hydrogen-bond donors (Lipinski definition) is 1. The van der Waals surface area contributed by atoms with Gasteiger partial charge >= 0.3 is 0 Å². The standard InChI is InChI=1S/C21H17F2N/c22-17-13-19(21(24)20(23)14-17)18(16-9-5-2-6-10-16)12-11-15-7-3-1-4-8-15/h1-14,18H,24H2/b12-11+. The Balaban J connectivity index is 2.08. The fourth-order valence-electron chi connectivity index (χ4n) is 2.69. The van der Waals surface area contributed by atoms with Gasteiger partial charge in [-0.2, -0.15) is 0 Å². The second-order valence-electron chi connectivity index (χ2n) is 5.55. The van der Waals surface area contributed by atoms with Crippen LogP contribution in [0.5, 0.6) is 0 Å². The maximum absolute atomic E-state index is 13.9. The first-order valence-electron chi connectivity index (χ1n) is 7.68. The Hall–Kier alpha value is -2.94. The zero-order chi connectivity index (χ0) is 16.9. The molecule has 0 aliphatic rings. The maximum atomic E-state index is 13.9. The van der Waals surface area contributed by atoms with Crippen molar-refractivity contribution >= 4 is 11.8 Å². The third-order valence-electron chi connectivity index (χ3n) is 3.90. The molecule has 1 nitrogen and oxygen atoms in total. The molecule has 3 aromatic carbocycles.